The fraction of sp³-hybridized carbons (Fsp3) is 0.167. The summed E-state index contributed by atoms with van der Waals surface area (Å²) in [5.74, 6) is 1.34. The molecule has 0 aromatic carbocycles. The molecule has 0 atom stereocenters. The third kappa shape index (κ3) is 1.58. The topological polar surface area (TPSA) is 65.7 Å². The molecule has 0 fully saturated rings. The number of hydrogen-bond donors (Lipinski definition) is 0. The second-order valence-electron chi connectivity index (χ2n) is 3.85. The molecule has 3 aromatic rings. The molecule has 0 radical (unpaired) electrons. The number of methoxy groups -OCH3 is 1. The third-order valence-corrected chi connectivity index (χ3v) is 2.63. The first-order valence-electron chi connectivity index (χ1n) is 5.46. The quantitative estimate of drug-likeness (QED) is 0.680. The minimum atomic E-state index is 0.645. The smallest absolute Gasteiger partial charge is 0.181 e. The van der Waals surface area contributed by atoms with Gasteiger partial charge in [-0.25, -0.2) is 4.98 Å². The van der Waals surface area contributed by atoms with Crippen LogP contribution < -0.4 is 4.74 Å². The van der Waals surface area contributed by atoms with Crippen LogP contribution in [0.5, 0.6) is 5.75 Å². The molecule has 0 bridgehead atoms. The number of rotatable bonds is 2. The molecule has 0 amide bonds. The van der Waals surface area contributed by atoms with E-state index in [0.717, 1.165) is 16.6 Å². The van der Waals surface area contributed by atoms with Crippen molar-refractivity contribution in [2.75, 3.05) is 7.11 Å². The Morgan fingerprint density at radius 2 is 2.17 bits per heavy atom. The predicted molar refractivity (Wildman–Crippen MR) is 65.7 cm³/mol. The Hall–Kier alpha value is -2.50. The molecular formula is C12H11N5O. The van der Waals surface area contributed by atoms with Crippen LogP contribution in [-0.4, -0.2) is 32.1 Å². The third-order valence-electron chi connectivity index (χ3n) is 2.63. The van der Waals surface area contributed by atoms with Crippen LogP contribution in [0.2, 0.25) is 0 Å². The van der Waals surface area contributed by atoms with E-state index in [-0.39, 0.29) is 0 Å². The average molecular weight is 241 g/mol. The zero-order valence-corrected chi connectivity index (χ0v) is 10.0. The molecule has 90 valence electrons. The molecule has 0 N–H and O–H groups in total. The summed E-state index contributed by atoms with van der Waals surface area (Å²) in [4.78, 5) is 8.68. The first-order valence-corrected chi connectivity index (χ1v) is 5.46. The second-order valence-corrected chi connectivity index (χ2v) is 3.85. The van der Waals surface area contributed by atoms with Crippen LogP contribution >= 0.6 is 0 Å². The van der Waals surface area contributed by atoms with Crippen molar-refractivity contribution in [1.82, 2.24) is 25.0 Å². The van der Waals surface area contributed by atoms with Crippen LogP contribution in [-0.2, 0) is 0 Å². The molecule has 0 aliphatic heterocycles. The van der Waals surface area contributed by atoms with E-state index in [9.17, 15) is 0 Å². The standard InChI is InChI=1S/C12H11N5O/c1-8-7-17(16-15-8)12-11-9(4-3-5-13-11)10(18-2)6-14-12/h3-7H,1-2H3. The van der Waals surface area contributed by atoms with Crippen molar-refractivity contribution in [3.8, 4) is 11.6 Å². The summed E-state index contributed by atoms with van der Waals surface area (Å²) >= 11 is 0. The molecule has 0 spiro atoms. The van der Waals surface area contributed by atoms with Crippen molar-refractivity contribution in [2.24, 2.45) is 0 Å². The molecule has 3 rings (SSSR count). The molecule has 6 heteroatoms. The number of nitrogens with zero attached hydrogens (tertiary/aromatic N) is 5. The average Bonchev–Trinajstić information content (AvgIpc) is 2.84. The zero-order valence-electron chi connectivity index (χ0n) is 10.0. The highest BCUT2D eigenvalue weighted by molar-refractivity contribution is 5.89. The van der Waals surface area contributed by atoms with Gasteiger partial charge in [0.25, 0.3) is 0 Å². The van der Waals surface area contributed by atoms with Gasteiger partial charge in [0.1, 0.15) is 11.3 Å². The van der Waals surface area contributed by atoms with Gasteiger partial charge in [-0.3, -0.25) is 4.98 Å². The van der Waals surface area contributed by atoms with Crippen molar-refractivity contribution in [1.29, 1.82) is 0 Å². The van der Waals surface area contributed by atoms with Crippen molar-refractivity contribution >= 4 is 10.9 Å². The van der Waals surface area contributed by atoms with Crippen LogP contribution in [0.25, 0.3) is 16.7 Å². The van der Waals surface area contributed by atoms with Crippen LogP contribution in [0.1, 0.15) is 5.69 Å². The first-order chi connectivity index (χ1) is 8.79. The summed E-state index contributed by atoms with van der Waals surface area (Å²) in [6, 6.07) is 3.80. The normalized spacial score (nSPS) is 10.8. The molecule has 3 aromatic heterocycles. The van der Waals surface area contributed by atoms with Crippen LogP contribution in [0, 0.1) is 6.92 Å². The summed E-state index contributed by atoms with van der Waals surface area (Å²) < 4.78 is 6.89. The fourth-order valence-corrected chi connectivity index (χ4v) is 1.81. The lowest BCUT2D eigenvalue weighted by Gasteiger charge is -2.07. The summed E-state index contributed by atoms with van der Waals surface area (Å²) in [6.07, 6.45) is 5.19. The fourth-order valence-electron chi connectivity index (χ4n) is 1.81. The summed E-state index contributed by atoms with van der Waals surface area (Å²) in [5.41, 5.74) is 1.57. The SMILES string of the molecule is COc1cnc(-n2cc(C)nn2)c2ncccc12. The van der Waals surface area contributed by atoms with E-state index in [4.69, 9.17) is 4.74 Å². The highest BCUT2D eigenvalue weighted by Crippen LogP contribution is 2.26. The minimum absolute atomic E-state index is 0.645. The van der Waals surface area contributed by atoms with E-state index in [1.54, 1.807) is 24.2 Å². The van der Waals surface area contributed by atoms with Crippen molar-refractivity contribution < 1.29 is 4.74 Å². The molecule has 6 nitrogen and oxygen atoms in total. The van der Waals surface area contributed by atoms with Gasteiger partial charge in [-0.2, -0.15) is 4.68 Å². The molecule has 0 aliphatic rings. The van der Waals surface area contributed by atoms with Gasteiger partial charge < -0.3 is 4.74 Å². The van der Waals surface area contributed by atoms with Crippen LogP contribution in [0.4, 0.5) is 0 Å². The van der Waals surface area contributed by atoms with E-state index < -0.39 is 0 Å². The molecule has 0 unspecified atom stereocenters. The molecule has 0 saturated heterocycles. The number of ether oxygens (including phenoxy) is 1. The largest absolute Gasteiger partial charge is 0.494 e. The number of pyridine rings is 2. The Labute approximate surface area is 103 Å². The van der Waals surface area contributed by atoms with Gasteiger partial charge in [0.15, 0.2) is 5.82 Å². The van der Waals surface area contributed by atoms with Gasteiger partial charge in [0.05, 0.1) is 25.2 Å². The Balaban J connectivity index is 2.31. The summed E-state index contributed by atoms with van der Waals surface area (Å²) in [6.45, 7) is 1.88. The van der Waals surface area contributed by atoms with Crippen LogP contribution in [0.15, 0.2) is 30.7 Å². The van der Waals surface area contributed by atoms with Gasteiger partial charge in [-0.15, -0.1) is 5.10 Å². The van der Waals surface area contributed by atoms with Gasteiger partial charge in [0, 0.05) is 11.6 Å². The maximum absolute atomic E-state index is 5.28. The van der Waals surface area contributed by atoms with E-state index in [0.29, 0.717) is 11.6 Å². The number of fused-ring (bicyclic) bond motifs is 1. The predicted octanol–water partition coefficient (Wildman–Crippen LogP) is 1.53. The highest BCUT2D eigenvalue weighted by atomic mass is 16.5. The highest BCUT2D eigenvalue weighted by Gasteiger charge is 2.11. The monoisotopic (exact) mass is 241 g/mol. The zero-order chi connectivity index (χ0) is 12.5. The minimum Gasteiger partial charge on any atom is -0.494 e. The molecule has 18 heavy (non-hydrogen) atoms. The van der Waals surface area contributed by atoms with Gasteiger partial charge in [-0.1, -0.05) is 5.21 Å². The summed E-state index contributed by atoms with van der Waals surface area (Å²) in [7, 11) is 1.61. The summed E-state index contributed by atoms with van der Waals surface area (Å²) in [5, 5.41) is 8.87. The van der Waals surface area contributed by atoms with Gasteiger partial charge in [0.2, 0.25) is 0 Å². The van der Waals surface area contributed by atoms with E-state index in [2.05, 4.69) is 20.3 Å². The molecule has 0 saturated carbocycles. The maximum atomic E-state index is 5.28. The Morgan fingerprint density at radius 3 is 2.89 bits per heavy atom. The van der Waals surface area contributed by atoms with Gasteiger partial charge >= 0.3 is 0 Å². The van der Waals surface area contributed by atoms with E-state index >= 15 is 0 Å². The Morgan fingerprint density at radius 1 is 1.28 bits per heavy atom. The van der Waals surface area contributed by atoms with E-state index in [1.165, 1.54) is 0 Å². The number of aromatic nitrogens is 5. The second kappa shape index (κ2) is 4.06. The lowest BCUT2D eigenvalue weighted by Crippen LogP contribution is -2.01. The lowest BCUT2D eigenvalue weighted by molar-refractivity contribution is 0.418. The molecular weight excluding hydrogens is 230 g/mol. The van der Waals surface area contributed by atoms with Crippen molar-refractivity contribution in [2.45, 2.75) is 6.92 Å². The van der Waals surface area contributed by atoms with Crippen molar-refractivity contribution in [3.05, 3.63) is 36.4 Å². The molecule has 0 aliphatic carbocycles. The van der Waals surface area contributed by atoms with Crippen LogP contribution in [0.3, 0.4) is 0 Å². The molecule has 3 heterocycles. The Bertz CT molecular complexity index is 707. The maximum Gasteiger partial charge on any atom is 0.181 e. The van der Waals surface area contributed by atoms with Crippen molar-refractivity contribution in [3.63, 3.8) is 0 Å². The Kier molecular flexibility index (Phi) is 2.40. The first kappa shape index (κ1) is 10.6. The number of aryl methyl sites for hydroxylation is 1. The van der Waals surface area contributed by atoms with Gasteiger partial charge in [-0.05, 0) is 19.1 Å². The number of hydrogen-bond acceptors (Lipinski definition) is 5. The lowest BCUT2D eigenvalue weighted by atomic mass is 10.2. The van der Waals surface area contributed by atoms with E-state index in [1.807, 2.05) is 25.3 Å².